The Morgan fingerprint density at radius 3 is 2.86 bits per heavy atom. The molecule has 112 valence electrons. The van der Waals surface area contributed by atoms with E-state index in [0.717, 1.165) is 16.3 Å². The summed E-state index contributed by atoms with van der Waals surface area (Å²) in [5.74, 6) is 0. The monoisotopic (exact) mass is 333 g/mol. The Morgan fingerprint density at radius 2 is 2.18 bits per heavy atom. The lowest BCUT2D eigenvalue weighted by atomic mass is 10.3. The Balaban J connectivity index is 1.84. The van der Waals surface area contributed by atoms with Gasteiger partial charge >= 0.3 is 0 Å². The van der Waals surface area contributed by atoms with Crippen LogP contribution in [0, 0.1) is 17.0 Å². The van der Waals surface area contributed by atoms with E-state index < -0.39 is 4.92 Å². The fourth-order valence-electron chi connectivity index (χ4n) is 1.91. The first-order valence-electron chi connectivity index (χ1n) is 6.23. The summed E-state index contributed by atoms with van der Waals surface area (Å²) in [6.07, 6.45) is 0. The van der Waals surface area contributed by atoms with Gasteiger partial charge in [0.15, 0.2) is 10.3 Å². The number of nitro benzene ring substituents is 1. The van der Waals surface area contributed by atoms with Crippen LogP contribution in [0.2, 0.25) is 0 Å². The van der Waals surface area contributed by atoms with Gasteiger partial charge in [0.1, 0.15) is 0 Å². The first-order valence-corrected chi connectivity index (χ1v) is 7.93. The molecule has 0 unspecified atom stereocenters. The molecule has 3 N–H and O–H groups in total. The minimum Gasteiger partial charge on any atom is -0.375 e. The third-order valence-electron chi connectivity index (χ3n) is 2.86. The lowest BCUT2D eigenvalue weighted by molar-refractivity contribution is -0.384. The molecule has 2 aromatic heterocycles. The van der Waals surface area contributed by atoms with Crippen LogP contribution in [0.15, 0.2) is 29.6 Å². The number of aromatic nitrogens is 2. The fraction of sp³-hybridized carbons (Fsp3) is 0.0769. The van der Waals surface area contributed by atoms with Crippen LogP contribution in [0.1, 0.15) is 5.69 Å². The zero-order chi connectivity index (χ0) is 15.7. The predicted molar refractivity (Wildman–Crippen MR) is 88.8 cm³/mol. The van der Waals surface area contributed by atoms with E-state index in [-0.39, 0.29) is 5.69 Å². The van der Waals surface area contributed by atoms with E-state index in [1.807, 2.05) is 12.3 Å². The van der Waals surface area contributed by atoms with Crippen LogP contribution in [0.3, 0.4) is 0 Å². The van der Waals surface area contributed by atoms with E-state index >= 15 is 0 Å². The molecule has 0 saturated carbocycles. The molecule has 9 heteroatoms. The Hall–Kier alpha value is -2.52. The molecule has 7 nitrogen and oxygen atoms in total. The van der Waals surface area contributed by atoms with Gasteiger partial charge in [0.05, 0.1) is 21.2 Å². The largest absolute Gasteiger partial charge is 0.375 e. The number of anilines is 3. The third kappa shape index (κ3) is 2.90. The van der Waals surface area contributed by atoms with E-state index in [4.69, 9.17) is 5.73 Å². The molecule has 0 aliphatic rings. The molecule has 0 saturated heterocycles. The van der Waals surface area contributed by atoms with Gasteiger partial charge < -0.3 is 11.1 Å². The summed E-state index contributed by atoms with van der Waals surface area (Å²) >= 11 is 2.80. The molecule has 0 aliphatic carbocycles. The number of nitrogens with two attached hydrogens (primary N) is 1. The van der Waals surface area contributed by atoms with Crippen molar-refractivity contribution in [1.82, 2.24) is 9.97 Å². The molecule has 0 aliphatic heterocycles. The van der Waals surface area contributed by atoms with Crippen molar-refractivity contribution in [3.63, 3.8) is 0 Å². The highest BCUT2D eigenvalue weighted by atomic mass is 32.1. The number of nitrogen functional groups attached to an aromatic ring is 1. The highest BCUT2D eigenvalue weighted by Crippen LogP contribution is 2.34. The van der Waals surface area contributed by atoms with Crippen molar-refractivity contribution in [3.05, 3.63) is 45.5 Å². The van der Waals surface area contributed by atoms with Gasteiger partial charge in [-0.25, -0.2) is 9.97 Å². The van der Waals surface area contributed by atoms with Gasteiger partial charge in [0.2, 0.25) is 0 Å². The maximum absolute atomic E-state index is 10.8. The summed E-state index contributed by atoms with van der Waals surface area (Å²) < 4.78 is 0. The number of nitro groups is 1. The summed E-state index contributed by atoms with van der Waals surface area (Å²) in [5, 5.41) is 16.9. The average Bonchev–Trinajstić information content (AvgIpc) is 3.05. The van der Waals surface area contributed by atoms with Crippen molar-refractivity contribution in [1.29, 1.82) is 0 Å². The molecule has 0 atom stereocenters. The van der Waals surface area contributed by atoms with Crippen LogP contribution in [0.25, 0.3) is 10.6 Å². The van der Waals surface area contributed by atoms with Crippen LogP contribution >= 0.6 is 22.7 Å². The SMILES string of the molecule is Cc1nc(N)sc1-c1csc(Nc2cccc([N+](=O)[O-])c2)n1. The molecule has 2 heterocycles. The van der Waals surface area contributed by atoms with Crippen molar-refractivity contribution in [3.8, 4) is 10.6 Å². The summed E-state index contributed by atoms with van der Waals surface area (Å²) in [6, 6.07) is 6.30. The van der Waals surface area contributed by atoms with E-state index in [1.54, 1.807) is 12.1 Å². The quantitative estimate of drug-likeness (QED) is 0.555. The molecule has 0 bridgehead atoms. The number of rotatable bonds is 4. The molecular weight excluding hydrogens is 322 g/mol. The van der Waals surface area contributed by atoms with Gasteiger partial charge in [-0.05, 0) is 13.0 Å². The molecular formula is C13H11N5O2S2. The third-order valence-corrected chi connectivity index (χ3v) is 4.63. The molecule has 3 aromatic rings. The second-order valence-electron chi connectivity index (χ2n) is 4.44. The molecule has 0 spiro atoms. The van der Waals surface area contributed by atoms with Crippen molar-refractivity contribution >= 4 is 44.3 Å². The molecule has 0 fully saturated rings. The fourth-order valence-corrected chi connectivity index (χ4v) is 3.50. The van der Waals surface area contributed by atoms with Crippen LogP contribution in [0.4, 0.5) is 21.6 Å². The zero-order valence-electron chi connectivity index (χ0n) is 11.4. The van der Waals surface area contributed by atoms with Crippen LogP contribution in [-0.4, -0.2) is 14.9 Å². The number of hydrogen-bond donors (Lipinski definition) is 2. The van der Waals surface area contributed by atoms with Gasteiger partial charge in [-0.3, -0.25) is 10.1 Å². The van der Waals surface area contributed by atoms with Crippen molar-refractivity contribution in [2.45, 2.75) is 6.92 Å². The van der Waals surface area contributed by atoms with Gasteiger partial charge in [-0.1, -0.05) is 17.4 Å². The average molecular weight is 333 g/mol. The van der Waals surface area contributed by atoms with Crippen molar-refractivity contribution in [2.24, 2.45) is 0 Å². The number of benzene rings is 1. The number of non-ortho nitro benzene ring substituents is 1. The Morgan fingerprint density at radius 1 is 1.36 bits per heavy atom. The molecule has 1 aromatic carbocycles. The van der Waals surface area contributed by atoms with Crippen LogP contribution in [0.5, 0.6) is 0 Å². The van der Waals surface area contributed by atoms with Gasteiger partial charge in [-0.15, -0.1) is 11.3 Å². The lowest BCUT2D eigenvalue weighted by Gasteiger charge is -2.01. The zero-order valence-corrected chi connectivity index (χ0v) is 13.1. The van der Waals surface area contributed by atoms with Gasteiger partial charge in [-0.2, -0.15) is 0 Å². The first-order chi connectivity index (χ1) is 10.5. The summed E-state index contributed by atoms with van der Waals surface area (Å²) in [5.41, 5.74) is 7.99. The van der Waals surface area contributed by atoms with E-state index in [9.17, 15) is 10.1 Å². The smallest absolute Gasteiger partial charge is 0.271 e. The number of nitrogens with one attached hydrogen (secondary N) is 1. The summed E-state index contributed by atoms with van der Waals surface area (Å²) in [6.45, 7) is 1.88. The maximum atomic E-state index is 10.8. The first kappa shape index (κ1) is 14.4. The topological polar surface area (TPSA) is 107 Å². The van der Waals surface area contributed by atoms with Gasteiger partial charge in [0, 0.05) is 23.2 Å². The van der Waals surface area contributed by atoms with E-state index in [2.05, 4.69) is 15.3 Å². The molecule has 3 rings (SSSR count). The normalized spacial score (nSPS) is 10.6. The number of hydrogen-bond acceptors (Lipinski definition) is 8. The molecule has 0 radical (unpaired) electrons. The summed E-state index contributed by atoms with van der Waals surface area (Å²) in [4.78, 5) is 19.9. The lowest BCUT2D eigenvalue weighted by Crippen LogP contribution is -1.92. The minimum atomic E-state index is -0.429. The standard InChI is InChI=1S/C13H11N5O2S2/c1-7-11(22-12(14)15-7)10-6-21-13(17-10)16-8-3-2-4-9(5-8)18(19)20/h2-6H,1H3,(H2,14,15)(H,16,17). The Bertz CT molecular complexity index is 843. The van der Waals surface area contributed by atoms with Crippen LogP contribution in [-0.2, 0) is 0 Å². The number of nitrogens with zero attached hydrogens (tertiary/aromatic N) is 3. The Labute approximate surface area is 133 Å². The molecule has 0 amide bonds. The number of thiazole rings is 2. The molecule has 22 heavy (non-hydrogen) atoms. The van der Waals surface area contributed by atoms with Crippen LogP contribution < -0.4 is 11.1 Å². The van der Waals surface area contributed by atoms with Crippen molar-refractivity contribution in [2.75, 3.05) is 11.1 Å². The highest BCUT2D eigenvalue weighted by Gasteiger charge is 2.12. The van der Waals surface area contributed by atoms with E-state index in [0.29, 0.717) is 16.0 Å². The predicted octanol–water partition coefficient (Wildman–Crippen LogP) is 3.81. The minimum absolute atomic E-state index is 0.0351. The maximum Gasteiger partial charge on any atom is 0.271 e. The number of aryl methyl sites for hydroxylation is 1. The summed E-state index contributed by atoms with van der Waals surface area (Å²) in [7, 11) is 0. The van der Waals surface area contributed by atoms with Crippen molar-refractivity contribution < 1.29 is 4.92 Å². The van der Waals surface area contributed by atoms with E-state index in [1.165, 1.54) is 34.8 Å². The van der Waals surface area contributed by atoms with Gasteiger partial charge in [0.25, 0.3) is 5.69 Å². The second kappa shape index (κ2) is 5.70. The second-order valence-corrected chi connectivity index (χ2v) is 6.33. The highest BCUT2D eigenvalue weighted by molar-refractivity contribution is 7.19. The Kier molecular flexibility index (Phi) is 3.73.